The molecule has 1 fully saturated rings. The molecule has 190 valence electrons. The zero-order valence-electron chi connectivity index (χ0n) is 20.7. The Morgan fingerprint density at radius 2 is 2.00 bits per heavy atom. The van der Waals surface area contributed by atoms with Crippen molar-refractivity contribution in [2.75, 3.05) is 25.1 Å². The van der Waals surface area contributed by atoms with Gasteiger partial charge in [-0.15, -0.1) is 0 Å². The smallest absolute Gasteiger partial charge is 0.310 e. The summed E-state index contributed by atoms with van der Waals surface area (Å²) in [5.41, 5.74) is 5.31. The molecule has 8 heteroatoms. The van der Waals surface area contributed by atoms with Crippen molar-refractivity contribution in [1.29, 1.82) is 0 Å². The van der Waals surface area contributed by atoms with Gasteiger partial charge in [0.15, 0.2) is 0 Å². The zero-order chi connectivity index (χ0) is 25.6. The third-order valence-corrected chi connectivity index (χ3v) is 6.43. The fraction of sp³-hybridized carbons (Fsp3) is 0.276. The molecule has 1 N–H and O–H groups in total. The van der Waals surface area contributed by atoms with E-state index in [2.05, 4.69) is 23.5 Å². The van der Waals surface area contributed by atoms with E-state index in [0.717, 1.165) is 45.4 Å². The van der Waals surface area contributed by atoms with E-state index in [1.807, 2.05) is 53.2 Å². The van der Waals surface area contributed by atoms with Gasteiger partial charge in [-0.2, -0.15) is 5.10 Å². The Morgan fingerprint density at radius 3 is 2.81 bits per heavy atom. The Bertz CT molecular complexity index is 1410. The molecule has 3 aromatic carbocycles. The molecule has 1 saturated heterocycles. The summed E-state index contributed by atoms with van der Waals surface area (Å²) >= 11 is 0. The quantitative estimate of drug-likeness (QED) is 0.246. The lowest BCUT2D eigenvalue weighted by Gasteiger charge is -2.11. The lowest BCUT2D eigenvalue weighted by atomic mass is 10.0. The van der Waals surface area contributed by atoms with E-state index in [0.29, 0.717) is 32.0 Å². The molecule has 1 amide bonds. The number of anilines is 1. The van der Waals surface area contributed by atoms with Crippen molar-refractivity contribution in [2.24, 2.45) is 0 Å². The fourth-order valence-electron chi connectivity index (χ4n) is 4.65. The van der Waals surface area contributed by atoms with Crippen molar-refractivity contribution in [3.63, 3.8) is 0 Å². The van der Waals surface area contributed by atoms with Gasteiger partial charge >= 0.3 is 5.97 Å². The van der Waals surface area contributed by atoms with Gasteiger partial charge in [-0.05, 0) is 54.8 Å². The highest BCUT2D eigenvalue weighted by molar-refractivity contribution is 5.88. The highest BCUT2D eigenvalue weighted by Gasteiger charge is 2.23. The van der Waals surface area contributed by atoms with Crippen LogP contribution in [0.5, 0.6) is 5.75 Å². The number of esters is 1. The first kappa shape index (κ1) is 24.5. The summed E-state index contributed by atoms with van der Waals surface area (Å²) < 4.78 is 19.0. The number of rotatable bonds is 10. The molecule has 1 aliphatic heterocycles. The number of benzene rings is 3. The number of carbonyl (C=O) groups excluding carboxylic acids is 2. The molecule has 1 aliphatic rings. The van der Waals surface area contributed by atoms with Crippen LogP contribution in [0.25, 0.3) is 22.0 Å². The molecular formula is C29H29N3O5. The van der Waals surface area contributed by atoms with E-state index in [4.69, 9.17) is 19.3 Å². The Kier molecular flexibility index (Phi) is 7.46. The van der Waals surface area contributed by atoms with Crippen LogP contribution in [0.3, 0.4) is 0 Å². The topological polar surface area (TPSA) is 91.7 Å². The molecule has 37 heavy (non-hydrogen) atoms. The van der Waals surface area contributed by atoms with Crippen molar-refractivity contribution < 1.29 is 23.8 Å². The third-order valence-electron chi connectivity index (χ3n) is 6.43. The Labute approximate surface area is 215 Å². The van der Waals surface area contributed by atoms with Crippen LogP contribution in [0, 0.1) is 0 Å². The molecule has 1 aromatic heterocycles. The molecule has 4 aromatic rings. The van der Waals surface area contributed by atoms with Gasteiger partial charge in [0.25, 0.3) is 0 Å². The van der Waals surface area contributed by atoms with Crippen molar-refractivity contribution >= 4 is 29.0 Å². The molecular weight excluding hydrogens is 470 g/mol. The summed E-state index contributed by atoms with van der Waals surface area (Å²) in [5.74, 6) is 0.344. The second kappa shape index (κ2) is 11.3. The normalized spacial score (nSPS) is 15.0. The number of carbonyl (C=O) groups is 2. The third kappa shape index (κ3) is 5.49. The second-order valence-corrected chi connectivity index (χ2v) is 8.86. The molecule has 0 spiro atoms. The largest absolute Gasteiger partial charge is 0.487 e. The zero-order valence-corrected chi connectivity index (χ0v) is 20.7. The van der Waals surface area contributed by atoms with E-state index in [1.165, 1.54) is 0 Å². The monoisotopic (exact) mass is 499 g/mol. The minimum atomic E-state index is -0.287. The number of nitrogens with one attached hydrogen (secondary N) is 1. The molecule has 8 nitrogen and oxygen atoms in total. The summed E-state index contributed by atoms with van der Waals surface area (Å²) in [5, 5.41) is 8.65. The van der Waals surface area contributed by atoms with Crippen LogP contribution in [0.15, 0.2) is 66.7 Å². The lowest BCUT2D eigenvalue weighted by molar-refractivity contribution is -0.142. The Hall–Kier alpha value is -4.17. The summed E-state index contributed by atoms with van der Waals surface area (Å²) in [6, 6.07) is 21.6. The van der Waals surface area contributed by atoms with Crippen LogP contribution in [0.4, 0.5) is 5.69 Å². The molecule has 0 saturated carbocycles. The number of hydrogen-bond donors (Lipinski definition) is 1. The van der Waals surface area contributed by atoms with E-state index in [9.17, 15) is 9.59 Å². The van der Waals surface area contributed by atoms with Gasteiger partial charge in [-0.3, -0.25) is 14.3 Å². The average Bonchev–Trinajstić information content (AvgIpc) is 3.57. The van der Waals surface area contributed by atoms with Crippen LogP contribution in [0.2, 0.25) is 0 Å². The summed E-state index contributed by atoms with van der Waals surface area (Å²) in [7, 11) is 0. The molecule has 1 atom stereocenters. The molecule has 2 heterocycles. The Balaban J connectivity index is 1.48. The van der Waals surface area contributed by atoms with Crippen molar-refractivity contribution in [1.82, 2.24) is 9.78 Å². The minimum Gasteiger partial charge on any atom is -0.487 e. The molecule has 5 rings (SSSR count). The van der Waals surface area contributed by atoms with Crippen molar-refractivity contribution in [2.45, 2.75) is 32.4 Å². The number of para-hydroxylation sites is 1. The summed E-state index contributed by atoms with van der Waals surface area (Å²) in [6.07, 6.45) is 1.72. The van der Waals surface area contributed by atoms with Crippen LogP contribution in [-0.2, 0) is 32.1 Å². The molecule has 0 aliphatic carbocycles. The number of aromatic nitrogens is 2. The molecule has 1 unspecified atom stereocenters. The average molecular weight is 500 g/mol. The SMILES string of the molecule is CCOC(=O)Cc1ccccc1OCc1nn(C2CCOC2)c2ccc(-c3cccc(NC=O)c3)cc12. The van der Waals surface area contributed by atoms with Crippen LogP contribution in [-0.4, -0.2) is 42.0 Å². The van der Waals surface area contributed by atoms with Gasteiger partial charge < -0.3 is 19.5 Å². The second-order valence-electron chi connectivity index (χ2n) is 8.86. The number of amides is 1. The first-order chi connectivity index (χ1) is 18.2. The Morgan fingerprint density at radius 1 is 1.14 bits per heavy atom. The van der Waals surface area contributed by atoms with E-state index >= 15 is 0 Å². The minimum absolute atomic E-state index is 0.147. The maximum Gasteiger partial charge on any atom is 0.310 e. The van der Waals surface area contributed by atoms with Crippen molar-refractivity contribution in [3.05, 3.63) is 78.0 Å². The molecule has 0 radical (unpaired) electrons. The maximum absolute atomic E-state index is 12.1. The highest BCUT2D eigenvalue weighted by Crippen LogP contribution is 2.32. The van der Waals surface area contributed by atoms with Gasteiger partial charge in [-0.25, -0.2) is 0 Å². The lowest BCUT2D eigenvalue weighted by Crippen LogP contribution is -2.11. The van der Waals surface area contributed by atoms with Gasteiger partial charge in [0, 0.05) is 23.2 Å². The van der Waals surface area contributed by atoms with Gasteiger partial charge in [0.05, 0.1) is 31.2 Å². The standard InChI is InChI=1S/C29H29N3O5/c1-2-36-29(34)16-22-6-3-4-9-28(22)37-18-26-25-15-21(20-7-5-8-23(14-20)30-19-33)10-11-27(25)32(31-26)24-12-13-35-17-24/h3-11,14-15,19,24H,2,12-13,16-18H2,1H3,(H,30,33). The van der Waals surface area contributed by atoms with Crippen LogP contribution in [0.1, 0.15) is 30.6 Å². The van der Waals surface area contributed by atoms with Gasteiger partial charge in [-0.1, -0.05) is 36.4 Å². The van der Waals surface area contributed by atoms with Gasteiger partial charge in [0.2, 0.25) is 6.41 Å². The first-order valence-corrected chi connectivity index (χ1v) is 12.4. The fourth-order valence-corrected chi connectivity index (χ4v) is 4.65. The summed E-state index contributed by atoms with van der Waals surface area (Å²) in [4.78, 5) is 23.0. The maximum atomic E-state index is 12.1. The van der Waals surface area contributed by atoms with E-state index in [-0.39, 0.29) is 25.0 Å². The number of ether oxygens (including phenoxy) is 3. The number of fused-ring (bicyclic) bond motifs is 1. The predicted octanol–water partition coefficient (Wildman–Crippen LogP) is 4.92. The van der Waals surface area contributed by atoms with Crippen LogP contribution >= 0.6 is 0 Å². The molecule has 0 bridgehead atoms. The first-order valence-electron chi connectivity index (χ1n) is 12.4. The van der Waals surface area contributed by atoms with Crippen LogP contribution < -0.4 is 10.1 Å². The number of nitrogens with zero attached hydrogens (tertiary/aromatic N) is 2. The van der Waals surface area contributed by atoms with Gasteiger partial charge in [0.1, 0.15) is 18.1 Å². The highest BCUT2D eigenvalue weighted by atomic mass is 16.5. The predicted molar refractivity (Wildman–Crippen MR) is 140 cm³/mol. The van der Waals surface area contributed by atoms with Crippen molar-refractivity contribution in [3.8, 4) is 16.9 Å². The number of hydrogen-bond acceptors (Lipinski definition) is 6. The van der Waals surface area contributed by atoms with E-state index < -0.39 is 0 Å². The van der Waals surface area contributed by atoms with E-state index in [1.54, 1.807) is 6.92 Å². The summed E-state index contributed by atoms with van der Waals surface area (Å²) in [6.45, 7) is 3.72.